The third-order valence-corrected chi connectivity index (χ3v) is 3.15. The third-order valence-electron chi connectivity index (χ3n) is 3.15. The summed E-state index contributed by atoms with van der Waals surface area (Å²) >= 11 is 0. The van der Waals surface area contributed by atoms with Crippen LogP contribution in [0.4, 0.5) is 0 Å². The summed E-state index contributed by atoms with van der Waals surface area (Å²) in [6, 6.07) is 9.83. The fraction of sp³-hybridized carbons (Fsp3) is 0.357. The van der Waals surface area contributed by atoms with Gasteiger partial charge in [0, 0.05) is 17.7 Å². The van der Waals surface area contributed by atoms with E-state index in [4.69, 9.17) is 5.73 Å². The average Bonchev–Trinajstić information content (AvgIpc) is 2.35. The van der Waals surface area contributed by atoms with Gasteiger partial charge in [0.15, 0.2) is 5.78 Å². The van der Waals surface area contributed by atoms with E-state index in [0.29, 0.717) is 0 Å². The van der Waals surface area contributed by atoms with Gasteiger partial charge in [0.25, 0.3) is 0 Å². The average molecular weight is 230 g/mol. The minimum Gasteiger partial charge on any atom is -0.369 e. The molecule has 0 saturated carbocycles. The van der Waals surface area contributed by atoms with Crippen LogP contribution in [0.15, 0.2) is 42.1 Å². The van der Waals surface area contributed by atoms with E-state index >= 15 is 0 Å². The normalized spacial score (nSPS) is 21.9. The quantitative estimate of drug-likeness (QED) is 0.782. The zero-order chi connectivity index (χ0) is 12.3. The van der Waals surface area contributed by atoms with Gasteiger partial charge in [-0.15, -0.1) is 0 Å². The van der Waals surface area contributed by atoms with Crippen LogP contribution >= 0.6 is 0 Å². The lowest BCUT2D eigenvalue weighted by Gasteiger charge is -2.22. The number of hydrogen-bond acceptors (Lipinski definition) is 3. The number of carbonyl (C=O) groups excluding carboxylic acids is 1. The number of carbonyl (C=O) groups is 1. The Morgan fingerprint density at radius 2 is 2.06 bits per heavy atom. The molecule has 1 unspecified atom stereocenters. The van der Waals surface area contributed by atoms with Gasteiger partial charge in [0.05, 0.1) is 0 Å². The summed E-state index contributed by atoms with van der Waals surface area (Å²) in [4.78, 5) is 11.6. The molecule has 2 atom stereocenters. The van der Waals surface area contributed by atoms with E-state index in [1.807, 2.05) is 37.3 Å². The van der Waals surface area contributed by atoms with Crippen LogP contribution in [0.1, 0.15) is 31.5 Å². The van der Waals surface area contributed by atoms with Gasteiger partial charge < -0.3 is 11.1 Å². The first kappa shape index (κ1) is 11.9. The van der Waals surface area contributed by atoms with Crippen molar-refractivity contribution in [1.29, 1.82) is 0 Å². The van der Waals surface area contributed by atoms with Gasteiger partial charge in [-0.3, -0.25) is 4.79 Å². The molecule has 90 valence electrons. The summed E-state index contributed by atoms with van der Waals surface area (Å²) in [6.07, 6.45) is 3.24. The van der Waals surface area contributed by atoms with E-state index in [0.717, 1.165) is 24.1 Å². The minimum absolute atomic E-state index is 0.147. The van der Waals surface area contributed by atoms with Crippen molar-refractivity contribution in [3.63, 3.8) is 0 Å². The van der Waals surface area contributed by atoms with Crippen LogP contribution in [0.5, 0.6) is 0 Å². The Balaban J connectivity index is 2.03. The Hall–Kier alpha value is -1.61. The lowest BCUT2D eigenvalue weighted by atomic mass is 9.93. The fourth-order valence-electron chi connectivity index (χ4n) is 1.96. The molecule has 1 aromatic rings. The van der Waals surface area contributed by atoms with Crippen LogP contribution in [0.3, 0.4) is 0 Å². The van der Waals surface area contributed by atoms with E-state index in [1.54, 1.807) is 6.08 Å². The maximum Gasteiger partial charge on any atom is 0.160 e. The summed E-state index contributed by atoms with van der Waals surface area (Å²) in [7, 11) is 0. The SMILES string of the molecule is C[C@@H]1CCC(NC(N)c2ccccc2)=CC1=O. The van der Waals surface area contributed by atoms with Crippen LogP contribution in [0, 0.1) is 5.92 Å². The number of nitrogens with one attached hydrogen (secondary N) is 1. The zero-order valence-electron chi connectivity index (χ0n) is 10.0. The molecule has 0 saturated heterocycles. The van der Waals surface area contributed by atoms with Crippen LogP contribution in [-0.2, 0) is 4.79 Å². The second-order valence-electron chi connectivity index (χ2n) is 4.54. The summed E-state index contributed by atoms with van der Waals surface area (Å²) in [6.45, 7) is 1.97. The molecule has 1 aliphatic carbocycles. The summed E-state index contributed by atoms with van der Waals surface area (Å²) in [5, 5.41) is 3.20. The fourth-order valence-corrected chi connectivity index (χ4v) is 1.96. The predicted molar refractivity (Wildman–Crippen MR) is 68.0 cm³/mol. The van der Waals surface area contributed by atoms with Crippen LogP contribution in [0.25, 0.3) is 0 Å². The minimum atomic E-state index is -0.247. The van der Waals surface area contributed by atoms with Gasteiger partial charge in [0.2, 0.25) is 0 Å². The second-order valence-corrected chi connectivity index (χ2v) is 4.54. The van der Waals surface area contributed by atoms with Crippen molar-refractivity contribution in [2.45, 2.75) is 25.9 Å². The molecule has 1 aromatic carbocycles. The van der Waals surface area contributed by atoms with Gasteiger partial charge >= 0.3 is 0 Å². The van der Waals surface area contributed by atoms with E-state index in [9.17, 15) is 4.79 Å². The van der Waals surface area contributed by atoms with Crippen LogP contribution in [0.2, 0.25) is 0 Å². The van der Waals surface area contributed by atoms with Crippen molar-refractivity contribution >= 4 is 5.78 Å². The second kappa shape index (κ2) is 5.15. The lowest BCUT2D eigenvalue weighted by Crippen LogP contribution is -2.30. The van der Waals surface area contributed by atoms with E-state index in [2.05, 4.69) is 5.32 Å². The standard InChI is InChI=1S/C14H18N2O/c1-10-7-8-12(9-13(10)17)16-14(15)11-5-3-2-4-6-11/h2-6,9-10,14,16H,7-8,15H2,1H3/t10-,14?/m1/s1. The first-order chi connectivity index (χ1) is 8.16. The lowest BCUT2D eigenvalue weighted by molar-refractivity contribution is -0.118. The molecular weight excluding hydrogens is 212 g/mol. The Morgan fingerprint density at radius 3 is 2.71 bits per heavy atom. The van der Waals surface area contributed by atoms with Crippen LogP contribution in [-0.4, -0.2) is 5.78 Å². The number of ketones is 1. The molecule has 0 amide bonds. The molecule has 0 bridgehead atoms. The number of nitrogens with two attached hydrogens (primary N) is 1. The van der Waals surface area contributed by atoms with Crippen molar-refractivity contribution in [3.8, 4) is 0 Å². The Bertz CT molecular complexity index is 425. The molecule has 0 fully saturated rings. The van der Waals surface area contributed by atoms with Gasteiger partial charge in [-0.2, -0.15) is 0 Å². The van der Waals surface area contributed by atoms with Gasteiger partial charge in [-0.05, 0) is 18.4 Å². The number of rotatable bonds is 3. The van der Waals surface area contributed by atoms with Gasteiger partial charge in [-0.25, -0.2) is 0 Å². The van der Waals surface area contributed by atoms with Gasteiger partial charge in [-0.1, -0.05) is 37.3 Å². The maximum absolute atomic E-state index is 11.6. The van der Waals surface area contributed by atoms with Gasteiger partial charge in [0.1, 0.15) is 6.17 Å². The molecule has 3 N–H and O–H groups in total. The monoisotopic (exact) mass is 230 g/mol. The molecule has 0 radical (unpaired) electrons. The molecule has 2 rings (SSSR count). The van der Waals surface area contributed by atoms with Crippen molar-refractivity contribution in [2.24, 2.45) is 11.7 Å². The number of benzene rings is 1. The maximum atomic E-state index is 11.6. The third kappa shape index (κ3) is 2.94. The molecule has 0 heterocycles. The molecule has 0 aromatic heterocycles. The van der Waals surface area contributed by atoms with E-state index < -0.39 is 0 Å². The Morgan fingerprint density at radius 1 is 1.35 bits per heavy atom. The molecule has 17 heavy (non-hydrogen) atoms. The molecular formula is C14H18N2O. The van der Waals surface area contributed by atoms with Crippen molar-refractivity contribution in [2.75, 3.05) is 0 Å². The van der Waals surface area contributed by atoms with Crippen molar-refractivity contribution in [1.82, 2.24) is 5.32 Å². The highest BCUT2D eigenvalue weighted by Crippen LogP contribution is 2.20. The number of hydrogen-bond donors (Lipinski definition) is 2. The molecule has 0 spiro atoms. The summed E-state index contributed by atoms with van der Waals surface area (Å²) in [5.74, 6) is 0.340. The van der Waals surface area contributed by atoms with Crippen LogP contribution < -0.4 is 11.1 Å². The van der Waals surface area contributed by atoms with E-state index in [-0.39, 0.29) is 17.9 Å². The Labute approximate surface area is 102 Å². The zero-order valence-corrected chi connectivity index (χ0v) is 10.0. The molecule has 1 aliphatic rings. The predicted octanol–water partition coefficient (Wildman–Crippen LogP) is 2.12. The van der Waals surface area contributed by atoms with E-state index in [1.165, 1.54) is 0 Å². The Kier molecular flexibility index (Phi) is 3.59. The summed E-state index contributed by atoms with van der Waals surface area (Å²) < 4.78 is 0. The highest BCUT2D eigenvalue weighted by Gasteiger charge is 2.18. The number of allylic oxidation sites excluding steroid dienone is 2. The first-order valence-corrected chi connectivity index (χ1v) is 5.98. The van der Waals surface area contributed by atoms with Crippen molar-refractivity contribution in [3.05, 3.63) is 47.7 Å². The highest BCUT2D eigenvalue weighted by atomic mass is 16.1. The molecule has 0 aliphatic heterocycles. The molecule has 3 nitrogen and oxygen atoms in total. The highest BCUT2D eigenvalue weighted by molar-refractivity contribution is 5.92. The van der Waals surface area contributed by atoms with Crippen molar-refractivity contribution < 1.29 is 4.79 Å². The largest absolute Gasteiger partial charge is 0.369 e. The molecule has 3 heteroatoms. The topological polar surface area (TPSA) is 55.1 Å². The first-order valence-electron chi connectivity index (χ1n) is 5.98. The smallest absolute Gasteiger partial charge is 0.160 e. The summed E-state index contributed by atoms with van der Waals surface area (Å²) in [5.41, 5.74) is 8.02.